The zero-order chi connectivity index (χ0) is 34.6. The fraction of sp³-hybridized carbons (Fsp3) is 0.462. The molecule has 0 saturated heterocycles. The molecule has 254 valence electrons. The molecule has 3 N–H and O–H groups in total. The van der Waals surface area contributed by atoms with Crippen molar-refractivity contribution in [1.29, 1.82) is 0 Å². The molecule has 0 aromatic heterocycles. The van der Waals surface area contributed by atoms with E-state index in [1.807, 2.05) is 63.2 Å². The van der Waals surface area contributed by atoms with E-state index in [0.29, 0.717) is 18.7 Å². The Morgan fingerprint density at radius 2 is 1.51 bits per heavy atom. The summed E-state index contributed by atoms with van der Waals surface area (Å²) in [6, 6.07) is 18.0. The van der Waals surface area contributed by atoms with E-state index in [4.69, 9.17) is 4.74 Å². The Kier molecular flexibility index (Phi) is 13.9. The van der Waals surface area contributed by atoms with Crippen molar-refractivity contribution in [3.05, 3.63) is 94.5 Å². The van der Waals surface area contributed by atoms with Crippen molar-refractivity contribution in [2.24, 2.45) is 0 Å². The number of unbranched alkanes of at least 4 members (excludes halogenated alkanes) is 5. The average Bonchev–Trinajstić information content (AvgIpc) is 3.00. The number of aromatic hydroxyl groups is 1. The number of phenols is 1. The number of carbonyl (C=O) groups excluding carboxylic acids is 3. The van der Waals surface area contributed by atoms with Crippen LogP contribution in [0.25, 0.3) is 0 Å². The maximum atomic E-state index is 14.8. The minimum absolute atomic E-state index is 0.101. The predicted octanol–water partition coefficient (Wildman–Crippen LogP) is 8.32. The van der Waals surface area contributed by atoms with Crippen LogP contribution in [0.5, 0.6) is 5.75 Å². The highest BCUT2D eigenvalue weighted by Crippen LogP contribution is 2.30. The summed E-state index contributed by atoms with van der Waals surface area (Å²) in [6.45, 7) is 13.6. The largest absolute Gasteiger partial charge is 0.508 e. The van der Waals surface area contributed by atoms with Gasteiger partial charge in [0.05, 0.1) is 0 Å². The summed E-state index contributed by atoms with van der Waals surface area (Å²) in [4.78, 5) is 44.0. The summed E-state index contributed by atoms with van der Waals surface area (Å²) in [5.74, 6) is -0.611. The van der Waals surface area contributed by atoms with Gasteiger partial charge in [-0.15, -0.1) is 0 Å². The third-order valence-corrected chi connectivity index (χ3v) is 8.09. The minimum atomic E-state index is -1.03. The second-order valence-corrected chi connectivity index (χ2v) is 13.4. The van der Waals surface area contributed by atoms with Crippen molar-refractivity contribution >= 4 is 23.6 Å². The number of phenolic OH excluding ortho intramolecular Hbond substituents is 1. The molecule has 0 spiro atoms. The van der Waals surface area contributed by atoms with Gasteiger partial charge in [-0.2, -0.15) is 0 Å². The van der Waals surface area contributed by atoms with Gasteiger partial charge >= 0.3 is 6.09 Å². The summed E-state index contributed by atoms with van der Waals surface area (Å²) in [5.41, 5.74) is 4.14. The summed E-state index contributed by atoms with van der Waals surface area (Å²) in [6.07, 6.45) is 5.47. The van der Waals surface area contributed by atoms with Crippen LogP contribution in [0.15, 0.2) is 66.7 Å². The summed E-state index contributed by atoms with van der Waals surface area (Å²) < 4.78 is 5.57. The van der Waals surface area contributed by atoms with Crippen molar-refractivity contribution in [2.75, 3.05) is 11.9 Å². The topological polar surface area (TPSA) is 108 Å². The van der Waals surface area contributed by atoms with Gasteiger partial charge in [-0.25, -0.2) is 4.79 Å². The molecule has 0 saturated carbocycles. The van der Waals surface area contributed by atoms with Gasteiger partial charge in [0.2, 0.25) is 5.91 Å². The third kappa shape index (κ3) is 11.8. The Morgan fingerprint density at radius 3 is 2.17 bits per heavy atom. The molecule has 8 heteroatoms. The standard InChI is InChI=1S/C39H53N3O5/c1-8-9-10-11-12-15-24-42(37(45)34(41-38(46)47-39(5,6)7)26-30-20-22-31(43)23-21-30)35(32-25-27(2)18-19-28(32)3)36(44)40-33-17-14-13-16-29(33)4/h13-14,16-23,25,34-35,43H,8-12,15,24,26H2,1-7H3,(H,40,44)(H,41,46). The van der Waals surface area contributed by atoms with Crippen molar-refractivity contribution in [3.8, 4) is 5.75 Å². The first-order chi connectivity index (χ1) is 22.3. The number of anilines is 1. The molecule has 3 amide bonds. The second kappa shape index (κ2) is 17.5. The van der Waals surface area contributed by atoms with Crippen LogP contribution >= 0.6 is 0 Å². The number of carbonyl (C=O) groups is 3. The van der Waals surface area contributed by atoms with E-state index in [2.05, 4.69) is 17.6 Å². The summed E-state index contributed by atoms with van der Waals surface area (Å²) in [5, 5.41) is 15.8. The van der Waals surface area contributed by atoms with Crippen molar-refractivity contribution < 1.29 is 24.2 Å². The first-order valence-corrected chi connectivity index (χ1v) is 16.8. The highest BCUT2D eigenvalue weighted by Gasteiger charge is 2.37. The number of rotatable bonds is 15. The fourth-order valence-corrected chi connectivity index (χ4v) is 5.57. The number of alkyl carbamates (subject to hydrolysis) is 1. The van der Waals surface area contributed by atoms with Gasteiger partial charge in [-0.05, 0) is 88.4 Å². The number of ether oxygens (including phenoxy) is 1. The van der Waals surface area contributed by atoms with E-state index in [1.54, 1.807) is 49.9 Å². The molecule has 3 rings (SSSR count). The Morgan fingerprint density at radius 1 is 0.851 bits per heavy atom. The van der Waals surface area contributed by atoms with Crippen LogP contribution in [-0.2, 0) is 20.7 Å². The number of nitrogens with zero attached hydrogens (tertiary/aromatic N) is 1. The molecule has 0 aliphatic heterocycles. The molecule has 0 heterocycles. The average molecular weight is 644 g/mol. The van der Waals surface area contributed by atoms with Crippen LogP contribution in [0.1, 0.15) is 100 Å². The zero-order valence-corrected chi connectivity index (χ0v) is 29.2. The molecule has 0 radical (unpaired) electrons. The second-order valence-electron chi connectivity index (χ2n) is 13.4. The number of hydrogen-bond acceptors (Lipinski definition) is 5. The van der Waals surface area contributed by atoms with Gasteiger partial charge < -0.3 is 25.4 Å². The van der Waals surface area contributed by atoms with E-state index in [-0.39, 0.29) is 24.0 Å². The van der Waals surface area contributed by atoms with Crippen LogP contribution < -0.4 is 10.6 Å². The maximum absolute atomic E-state index is 14.8. The van der Waals surface area contributed by atoms with E-state index < -0.39 is 23.8 Å². The lowest BCUT2D eigenvalue weighted by Gasteiger charge is -2.35. The first-order valence-electron chi connectivity index (χ1n) is 16.8. The van der Waals surface area contributed by atoms with Gasteiger partial charge in [-0.1, -0.05) is 93.1 Å². The van der Waals surface area contributed by atoms with Gasteiger partial charge in [0, 0.05) is 18.7 Å². The molecule has 47 heavy (non-hydrogen) atoms. The molecule has 0 aliphatic rings. The monoisotopic (exact) mass is 643 g/mol. The van der Waals surface area contributed by atoms with Crippen LogP contribution in [0, 0.1) is 20.8 Å². The molecule has 2 unspecified atom stereocenters. The molecule has 0 bridgehead atoms. The Labute approximate surface area is 280 Å². The Hall–Kier alpha value is -4.33. The first kappa shape index (κ1) is 37.1. The number of para-hydroxylation sites is 1. The Bertz CT molecular complexity index is 1480. The molecule has 8 nitrogen and oxygen atoms in total. The molecule has 0 fully saturated rings. The molecule has 3 aromatic rings. The van der Waals surface area contributed by atoms with Crippen molar-refractivity contribution in [3.63, 3.8) is 0 Å². The quantitative estimate of drug-likeness (QED) is 0.144. The molecule has 0 aliphatic carbocycles. The lowest BCUT2D eigenvalue weighted by atomic mass is 9.95. The normalized spacial score (nSPS) is 12.6. The van der Waals surface area contributed by atoms with Crippen LogP contribution in [-0.4, -0.2) is 46.1 Å². The van der Waals surface area contributed by atoms with E-state index >= 15 is 0 Å². The number of benzene rings is 3. The van der Waals surface area contributed by atoms with Gasteiger partial charge in [-0.3, -0.25) is 9.59 Å². The van der Waals surface area contributed by atoms with Crippen LogP contribution in [0.3, 0.4) is 0 Å². The minimum Gasteiger partial charge on any atom is -0.508 e. The zero-order valence-electron chi connectivity index (χ0n) is 29.2. The van der Waals surface area contributed by atoms with Gasteiger partial charge in [0.15, 0.2) is 0 Å². The van der Waals surface area contributed by atoms with E-state index in [9.17, 15) is 19.5 Å². The highest BCUT2D eigenvalue weighted by molar-refractivity contribution is 5.99. The maximum Gasteiger partial charge on any atom is 0.408 e. The molecular formula is C39H53N3O5. The smallest absolute Gasteiger partial charge is 0.408 e. The Balaban J connectivity index is 2.10. The SMILES string of the molecule is CCCCCCCCN(C(=O)C(Cc1ccc(O)cc1)NC(=O)OC(C)(C)C)C(C(=O)Nc1ccccc1C)c1cc(C)ccc1C. The predicted molar refractivity (Wildman–Crippen MR) is 189 cm³/mol. The van der Waals surface area contributed by atoms with E-state index in [1.165, 1.54) is 0 Å². The van der Waals surface area contributed by atoms with Crippen LogP contribution in [0.4, 0.5) is 10.5 Å². The van der Waals surface area contributed by atoms with E-state index in [0.717, 1.165) is 59.9 Å². The molecular weight excluding hydrogens is 590 g/mol. The lowest BCUT2D eigenvalue weighted by Crippen LogP contribution is -2.53. The van der Waals surface area contributed by atoms with Crippen LogP contribution in [0.2, 0.25) is 0 Å². The van der Waals surface area contributed by atoms with Crippen molar-refractivity contribution in [2.45, 2.75) is 111 Å². The third-order valence-electron chi connectivity index (χ3n) is 8.09. The van der Waals surface area contributed by atoms with Crippen molar-refractivity contribution in [1.82, 2.24) is 10.2 Å². The summed E-state index contributed by atoms with van der Waals surface area (Å²) >= 11 is 0. The molecule has 2 atom stereocenters. The number of nitrogens with one attached hydrogen (secondary N) is 2. The number of amides is 3. The number of hydrogen-bond donors (Lipinski definition) is 3. The number of aryl methyl sites for hydroxylation is 3. The fourth-order valence-electron chi connectivity index (χ4n) is 5.57. The highest BCUT2D eigenvalue weighted by atomic mass is 16.6. The molecule has 3 aromatic carbocycles. The van der Waals surface area contributed by atoms with Gasteiger partial charge in [0.25, 0.3) is 5.91 Å². The lowest BCUT2D eigenvalue weighted by molar-refractivity contribution is -0.140. The van der Waals surface area contributed by atoms with Gasteiger partial charge in [0.1, 0.15) is 23.4 Å². The summed E-state index contributed by atoms with van der Waals surface area (Å²) in [7, 11) is 0.